The molecule has 6 heteroatoms. The minimum atomic E-state index is -0.578. The van der Waals surface area contributed by atoms with Gasteiger partial charge in [-0.15, -0.1) is 0 Å². The van der Waals surface area contributed by atoms with Gasteiger partial charge in [0.25, 0.3) is 0 Å². The Morgan fingerprint density at radius 2 is 2.12 bits per heavy atom. The molecule has 2 aliphatic rings. The Morgan fingerprint density at radius 3 is 2.65 bits per heavy atom. The lowest BCUT2D eigenvalue weighted by atomic mass is 9.97. The maximum absolute atomic E-state index is 11.6. The Labute approximate surface area is 99.6 Å². The summed E-state index contributed by atoms with van der Waals surface area (Å²) in [6.45, 7) is 4.78. The second-order valence-corrected chi connectivity index (χ2v) is 4.72. The van der Waals surface area contributed by atoms with Crippen molar-refractivity contribution in [3.63, 3.8) is 0 Å². The van der Waals surface area contributed by atoms with Gasteiger partial charge in [0, 0.05) is 12.8 Å². The van der Waals surface area contributed by atoms with Crippen LogP contribution in [0.1, 0.15) is 26.7 Å². The van der Waals surface area contributed by atoms with E-state index in [1.807, 2.05) is 6.92 Å². The normalized spacial score (nSPS) is 31.1. The molecule has 0 aliphatic carbocycles. The zero-order valence-corrected chi connectivity index (χ0v) is 10.0. The van der Waals surface area contributed by atoms with E-state index in [0.29, 0.717) is 26.1 Å². The highest BCUT2D eigenvalue weighted by Crippen LogP contribution is 2.24. The number of carbonyl (C=O) groups is 2. The van der Waals surface area contributed by atoms with Crippen molar-refractivity contribution in [1.29, 1.82) is 0 Å². The maximum Gasteiger partial charge on any atom is 0.408 e. The molecule has 0 aromatic carbocycles. The van der Waals surface area contributed by atoms with Gasteiger partial charge >= 0.3 is 12.1 Å². The third-order valence-electron chi connectivity index (χ3n) is 3.19. The van der Waals surface area contributed by atoms with Gasteiger partial charge in [0.1, 0.15) is 11.7 Å². The monoisotopic (exact) mass is 243 g/mol. The average Bonchev–Trinajstić information content (AvgIpc) is 2.27. The molecule has 2 rings (SSSR count). The van der Waals surface area contributed by atoms with Gasteiger partial charge < -0.3 is 19.5 Å². The predicted octanol–water partition coefficient (Wildman–Crippen LogP) is 0.596. The molecule has 6 nitrogen and oxygen atoms in total. The van der Waals surface area contributed by atoms with Crippen LogP contribution in [-0.2, 0) is 19.0 Å². The van der Waals surface area contributed by atoms with E-state index >= 15 is 0 Å². The van der Waals surface area contributed by atoms with Crippen LogP contribution in [0.5, 0.6) is 0 Å². The van der Waals surface area contributed by atoms with Crippen LogP contribution in [-0.4, -0.2) is 43.0 Å². The minimum absolute atomic E-state index is 0.280. The average molecular weight is 243 g/mol. The van der Waals surface area contributed by atoms with Gasteiger partial charge in [-0.3, -0.25) is 0 Å². The number of nitrogens with one attached hydrogen (secondary N) is 1. The van der Waals surface area contributed by atoms with Crippen LogP contribution in [0, 0.1) is 0 Å². The van der Waals surface area contributed by atoms with E-state index in [4.69, 9.17) is 14.2 Å². The van der Waals surface area contributed by atoms with E-state index < -0.39 is 23.7 Å². The molecule has 0 spiro atoms. The summed E-state index contributed by atoms with van der Waals surface area (Å²) in [5.74, 6) is -0.411. The van der Waals surface area contributed by atoms with Crippen LogP contribution in [0.2, 0.25) is 0 Å². The highest BCUT2D eigenvalue weighted by molar-refractivity contribution is 5.86. The van der Waals surface area contributed by atoms with E-state index in [2.05, 4.69) is 5.32 Å². The van der Waals surface area contributed by atoms with E-state index in [-0.39, 0.29) is 6.10 Å². The third kappa shape index (κ3) is 2.69. The van der Waals surface area contributed by atoms with Crippen molar-refractivity contribution in [2.24, 2.45) is 0 Å². The summed E-state index contributed by atoms with van der Waals surface area (Å²) >= 11 is 0. The largest absolute Gasteiger partial charge is 0.458 e. The second-order valence-electron chi connectivity index (χ2n) is 4.72. The Kier molecular flexibility index (Phi) is 3.24. The van der Waals surface area contributed by atoms with Crippen LogP contribution in [0.4, 0.5) is 4.79 Å². The molecule has 2 saturated heterocycles. The van der Waals surface area contributed by atoms with Gasteiger partial charge in [-0.25, -0.2) is 9.59 Å². The van der Waals surface area contributed by atoms with E-state index in [9.17, 15) is 9.59 Å². The first-order chi connectivity index (χ1) is 8.00. The number of carbonyl (C=O) groups excluding carboxylic acids is 2. The Hall–Kier alpha value is -1.30. The molecule has 17 heavy (non-hydrogen) atoms. The Morgan fingerprint density at radius 1 is 1.47 bits per heavy atom. The number of amides is 1. The maximum atomic E-state index is 11.6. The molecular formula is C11H17NO5. The highest BCUT2D eigenvalue weighted by Gasteiger charge is 2.41. The van der Waals surface area contributed by atoms with Gasteiger partial charge in [-0.2, -0.15) is 0 Å². The first kappa shape index (κ1) is 12.2. The van der Waals surface area contributed by atoms with Crippen molar-refractivity contribution in [2.75, 3.05) is 13.2 Å². The van der Waals surface area contributed by atoms with Crippen molar-refractivity contribution in [3.05, 3.63) is 0 Å². The summed E-state index contributed by atoms with van der Waals surface area (Å²) in [4.78, 5) is 22.7. The van der Waals surface area contributed by atoms with E-state index in [0.717, 1.165) is 0 Å². The quantitative estimate of drug-likeness (QED) is 0.719. The Bertz CT molecular complexity index is 324. The number of alkyl carbamates (subject to hydrolysis) is 1. The molecule has 0 unspecified atom stereocenters. The van der Waals surface area contributed by atoms with Gasteiger partial charge in [0.15, 0.2) is 6.04 Å². The standard InChI is InChI=1S/C11H17NO5/c1-7-8(9(13)16-7)12-10(14)17-11(2)3-5-15-6-4-11/h7-8H,3-6H2,1-2H3,(H,12,14)/t7-,8+/m0/s1. The molecule has 0 aromatic heterocycles. The van der Waals surface area contributed by atoms with Gasteiger partial charge in [0.2, 0.25) is 0 Å². The smallest absolute Gasteiger partial charge is 0.408 e. The number of rotatable bonds is 2. The van der Waals surface area contributed by atoms with Gasteiger partial charge in [0.05, 0.1) is 13.2 Å². The molecule has 0 radical (unpaired) electrons. The second kappa shape index (κ2) is 4.52. The SMILES string of the molecule is C[C@@H]1OC(=O)[C@@H]1NC(=O)OC1(C)CCOCC1. The molecule has 2 aliphatic heterocycles. The zero-order valence-electron chi connectivity index (χ0n) is 10.0. The Balaban J connectivity index is 1.82. The molecule has 96 valence electrons. The summed E-state index contributed by atoms with van der Waals surface area (Å²) in [5.41, 5.74) is -0.501. The van der Waals surface area contributed by atoms with Crippen molar-refractivity contribution < 1.29 is 23.8 Å². The number of hydrogen-bond acceptors (Lipinski definition) is 5. The van der Waals surface area contributed by atoms with Gasteiger partial charge in [-0.05, 0) is 13.8 Å². The first-order valence-corrected chi connectivity index (χ1v) is 5.78. The lowest BCUT2D eigenvalue weighted by Gasteiger charge is -2.36. The van der Waals surface area contributed by atoms with Crippen LogP contribution < -0.4 is 5.32 Å². The number of ether oxygens (including phenoxy) is 3. The van der Waals surface area contributed by atoms with Gasteiger partial charge in [-0.1, -0.05) is 0 Å². The van der Waals surface area contributed by atoms with Crippen molar-refractivity contribution in [2.45, 2.75) is 44.4 Å². The molecule has 2 heterocycles. The summed E-state index contributed by atoms with van der Waals surface area (Å²) < 4.78 is 15.3. The molecule has 1 N–H and O–H groups in total. The van der Waals surface area contributed by atoms with Crippen molar-refractivity contribution >= 4 is 12.1 Å². The number of esters is 1. The summed E-state index contributed by atoms with van der Waals surface area (Å²) in [7, 11) is 0. The summed E-state index contributed by atoms with van der Waals surface area (Å²) in [6.07, 6.45) is 0.497. The summed E-state index contributed by atoms with van der Waals surface area (Å²) in [5, 5.41) is 2.51. The minimum Gasteiger partial charge on any atom is -0.458 e. The fraction of sp³-hybridized carbons (Fsp3) is 0.818. The van der Waals surface area contributed by atoms with Crippen LogP contribution in [0.25, 0.3) is 0 Å². The predicted molar refractivity (Wildman–Crippen MR) is 57.4 cm³/mol. The molecule has 0 saturated carbocycles. The lowest BCUT2D eigenvalue weighted by Crippen LogP contribution is -2.59. The molecule has 0 bridgehead atoms. The topological polar surface area (TPSA) is 73.9 Å². The molecule has 1 amide bonds. The molecule has 0 aromatic rings. The zero-order chi connectivity index (χ0) is 12.5. The number of cyclic esters (lactones) is 1. The molecule has 2 atom stereocenters. The van der Waals surface area contributed by atoms with E-state index in [1.54, 1.807) is 6.92 Å². The van der Waals surface area contributed by atoms with Crippen LogP contribution in [0.15, 0.2) is 0 Å². The third-order valence-corrected chi connectivity index (χ3v) is 3.19. The first-order valence-electron chi connectivity index (χ1n) is 5.78. The van der Waals surface area contributed by atoms with Crippen LogP contribution in [0.3, 0.4) is 0 Å². The fourth-order valence-corrected chi connectivity index (χ4v) is 1.91. The fourth-order valence-electron chi connectivity index (χ4n) is 1.91. The van der Waals surface area contributed by atoms with E-state index in [1.165, 1.54) is 0 Å². The van der Waals surface area contributed by atoms with Crippen molar-refractivity contribution in [1.82, 2.24) is 5.32 Å². The highest BCUT2D eigenvalue weighted by atomic mass is 16.6. The molecular weight excluding hydrogens is 226 g/mol. The molecule has 2 fully saturated rings. The number of hydrogen-bond donors (Lipinski definition) is 1. The summed E-state index contributed by atoms with van der Waals surface area (Å²) in [6, 6.07) is -0.578. The lowest BCUT2D eigenvalue weighted by molar-refractivity contribution is -0.174. The van der Waals surface area contributed by atoms with Crippen molar-refractivity contribution in [3.8, 4) is 0 Å². The van der Waals surface area contributed by atoms with Crippen LogP contribution >= 0.6 is 0 Å².